The lowest BCUT2D eigenvalue weighted by Crippen LogP contribution is -2.55. The maximum absolute atomic E-state index is 13.1. The molecule has 1 rings (SSSR count). The zero-order valence-electron chi connectivity index (χ0n) is 10.1. The zero-order chi connectivity index (χ0) is 18.5. The highest BCUT2D eigenvalue weighted by molar-refractivity contribution is 5.28. The van der Waals surface area contributed by atoms with Gasteiger partial charge < -0.3 is 5.11 Å². The van der Waals surface area contributed by atoms with Crippen molar-refractivity contribution in [1.82, 2.24) is 0 Å². The topological polar surface area (TPSA) is 20.2 Å². The Balaban J connectivity index is 3.61. The van der Waals surface area contributed by atoms with Crippen molar-refractivity contribution in [2.24, 2.45) is 0 Å². The van der Waals surface area contributed by atoms with E-state index in [9.17, 15) is 52.7 Å². The molecule has 1 unspecified atom stereocenters. The molecule has 0 amide bonds. The molecule has 23 heavy (non-hydrogen) atoms. The van der Waals surface area contributed by atoms with Crippen molar-refractivity contribution < 1.29 is 57.8 Å². The smallest absolute Gasteiger partial charge is 0.382 e. The molecule has 13 heteroatoms. The van der Waals surface area contributed by atoms with Crippen LogP contribution in [-0.2, 0) is 0 Å². The second kappa shape index (κ2) is 5.46. The average Bonchev–Trinajstić information content (AvgIpc) is 2.41. The standard InChI is InChI=1S/C10H2F12O/c11-2-1(3(12)5(14)6(15)4(2)13)7(23)8(16,17)9(18,19)10(20,21)22/h7,23H. The van der Waals surface area contributed by atoms with Crippen molar-refractivity contribution in [3.8, 4) is 0 Å². The lowest BCUT2D eigenvalue weighted by atomic mass is 9.96. The summed E-state index contributed by atoms with van der Waals surface area (Å²) < 4.78 is 152. The van der Waals surface area contributed by atoms with E-state index < -0.39 is 58.8 Å². The van der Waals surface area contributed by atoms with Crippen molar-refractivity contribution in [1.29, 1.82) is 0 Å². The molecule has 0 radical (unpaired) electrons. The van der Waals surface area contributed by atoms with Crippen LogP contribution in [0, 0.1) is 29.1 Å². The number of halogens is 12. The van der Waals surface area contributed by atoms with E-state index in [1.54, 1.807) is 0 Å². The van der Waals surface area contributed by atoms with Crippen molar-refractivity contribution in [3.05, 3.63) is 34.6 Å². The minimum atomic E-state index is -7.03. The van der Waals surface area contributed by atoms with Gasteiger partial charge in [0.1, 0.15) is 0 Å². The van der Waals surface area contributed by atoms with Crippen molar-refractivity contribution in [3.63, 3.8) is 0 Å². The van der Waals surface area contributed by atoms with E-state index >= 15 is 0 Å². The highest BCUT2D eigenvalue weighted by atomic mass is 19.4. The normalized spacial score (nSPS) is 15.0. The van der Waals surface area contributed by atoms with Gasteiger partial charge in [-0.1, -0.05) is 0 Å². The van der Waals surface area contributed by atoms with Gasteiger partial charge in [-0.05, 0) is 0 Å². The first-order chi connectivity index (χ1) is 10.1. The molecule has 132 valence electrons. The van der Waals surface area contributed by atoms with Crippen LogP contribution in [0.1, 0.15) is 11.7 Å². The molecule has 1 aromatic rings. The summed E-state index contributed by atoms with van der Waals surface area (Å²) in [5, 5.41) is 8.78. The first kappa shape index (κ1) is 19.4. The van der Waals surface area contributed by atoms with Crippen LogP contribution in [0.3, 0.4) is 0 Å². The van der Waals surface area contributed by atoms with Crippen LogP contribution in [-0.4, -0.2) is 23.1 Å². The summed E-state index contributed by atoms with van der Waals surface area (Å²) in [4.78, 5) is 0. The average molecular weight is 366 g/mol. The van der Waals surface area contributed by atoms with Gasteiger partial charge in [0.05, 0.1) is 5.56 Å². The van der Waals surface area contributed by atoms with E-state index in [-0.39, 0.29) is 0 Å². The summed E-state index contributed by atoms with van der Waals surface area (Å²) in [7, 11) is 0. The predicted molar refractivity (Wildman–Crippen MR) is 47.1 cm³/mol. The Bertz CT molecular complexity index is 590. The maximum Gasteiger partial charge on any atom is 0.459 e. The lowest BCUT2D eigenvalue weighted by Gasteiger charge is -2.31. The molecule has 1 aromatic carbocycles. The summed E-state index contributed by atoms with van der Waals surface area (Å²) in [6, 6.07) is 0. The lowest BCUT2D eigenvalue weighted by molar-refractivity contribution is -0.372. The molecule has 0 fully saturated rings. The molecule has 0 saturated heterocycles. The summed E-state index contributed by atoms with van der Waals surface area (Å²) in [6.45, 7) is 0. The van der Waals surface area contributed by atoms with Crippen LogP contribution in [0.4, 0.5) is 52.7 Å². The summed E-state index contributed by atoms with van der Waals surface area (Å²) >= 11 is 0. The Morgan fingerprint density at radius 2 is 0.913 bits per heavy atom. The number of alkyl halides is 7. The third-order valence-corrected chi connectivity index (χ3v) is 2.64. The molecule has 1 N–H and O–H groups in total. The van der Waals surface area contributed by atoms with Crippen LogP contribution in [0.15, 0.2) is 0 Å². The highest BCUT2D eigenvalue weighted by Gasteiger charge is 2.76. The minimum Gasteiger partial charge on any atom is -0.382 e. The third-order valence-electron chi connectivity index (χ3n) is 2.64. The number of rotatable bonds is 3. The zero-order valence-corrected chi connectivity index (χ0v) is 10.1. The van der Waals surface area contributed by atoms with E-state index in [1.807, 2.05) is 0 Å². The van der Waals surface area contributed by atoms with Gasteiger partial charge in [0.15, 0.2) is 29.4 Å². The van der Waals surface area contributed by atoms with Gasteiger partial charge in [0, 0.05) is 0 Å². The maximum atomic E-state index is 13.1. The number of hydrogen-bond acceptors (Lipinski definition) is 1. The van der Waals surface area contributed by atoms with Crippen LogP contribution in [0.25, 0.3) is 0 Å². The quantitative estimate of drug-likeness (QED) is 0.482. The van der Waals surface area contributed by atoms with Gasteiger partial charge >= 0.3 is 18.0 Å². The van der Waals surface area contributed by atoms with Gasteiger partial charge in [0.25, 0.3) is 0 Å². The van der Waals surface area contributed by atoms with Crippen LogP contribution in [0.2, 0.25) is 0 Å². The van der Waals surface area contributed by atoms with Crippen molar-refractivity contribution in [2.75, 3.05) is 0 Å². The first-order valence-corrected chi connectivity index (χ1v) is 5.10. The predicted octanol–water partition coefficient (Wildman–Crippen LogP) is 4.25. The van der Waals surface area contributed by atoms with Gasteiger partial charge in [0.2, 0.25) is 5.82 Å². The Morgan fingerprint density at radius 3 is 1.22 bits per heavy atom. The summed E-state index contributed by atoms with van der Waals surface area (Å²) in [5.74, 6) is -28.7. The molecular formula is C10H2F12O. The molecule has 0 saturated carbocycles. The SMILES string of the molecule is OC(c1c(F)c(F)c(F)c(F)c1F)C(F)(F)C(F)(F)C(F)(F)F. The van der Waals surface area contributed by atoms with Gasteiger partial charge in [-0.15, -0.1) is 0 Å². The van der Waals surface area contributed by atoms with Crippen molar-refractivity contribution >= 4 is 0 Å². The van der Waals surface area contributed by atoms with Gasteiger partial charge in [-0.25, -0.2) is 22.0 Å². The first-order valence-electron chi connectivity index (χ1n) is 5.10. The minimum absolute atomic E-state index is 2.89. The monoisotopic (exact) mass is 366 g/mol. The fraction of sp³-hybridized carbons (Fsp3) is 0.400. The Kier molecular flexibility index (Phi) is 4.60. The highest BCUT2D eigenvalue weighted by Crippen LogP contribution is 2.52. The molecule has 0 heterocycles. The molecule has 1 nitrogen and oxygen atoms in total. The fourth-order valence-corrected chi connectivity index (χ4v) is 1.40. The van der Waals surface area contributed by atoms with Crippen LogP contribution >= 0.6 is 0 Å². The van der Waals surface area contributed by atoms with Gasteiger partial charge in [-0.3, -0.25) is 0 Å². The molecule has 0 aliphatic carbocycles. The molecule has 0 aliphatic heterocycles. The van der Waals surface area contributed by atoms with Gasteiger partial charge in [-0.2, -0.15) is 30.7 Å². The fourth-order valence-electron chi connectivity index (χ4n) is 1.40. The van der Waals surface area contributed by atoms with E-state index in [4.69, 9.17) is 5.11 Å². The summed E-state index contributed by atoms with van der Waals surface area (Å²) in [6.07, 6.45) is -11.7. The molecular weight excluding hydrogens is 364 g/mol. The molecule has 0 aromatic heterocycles. The number of benzene rings is 1. The largest absolute Gasteiger partial charge is 0.459 e. The van der Waals surface area contributed by atoms with E-state index in [0.29, 0.717) is 0 Å². The second-order valence-corrected chi connectivity index (χ2v) is 4.08. The van der Waals surface area contributed by atoms with Crippen LogP contribution < -0.4 is 0 Å². The van der Waals surface area contributed by atoms with E-state index in [1.165, 1.54) is 0 Å². The molecule has 1 atom stereocenters. The molecule has 0 aliphatic rings. The van der Waals surface area contributed by atoms with E-state index in [2.05, 4.69) is 0 Å². The van der Waals surface area contributed by atoms with E-state index in [0.717, 1.165) is 0 Å². The van der Waals surface area contributed by atoms with Crippen molar-refractivity contribution in [2.45, 2.75) is 24.1 Å². The Morgan fingerprint density at radius 1 is 0.609 bits per heavy atom. The number of hydrogen-bond donors (Lipinski definition) is 1. The second-order valence-electron chi connectivity index (χ2n) is 4.08. The third kappa shape index (κ3) is 2.70. The number of aliphatic hydroxyl groups excluding tert-OH is 1. The molecule has 0 spiro atoms. The Hall–Kier alpha value is -1.66. The molecule has 0 bridgehead atoms. The Labute approximate surface area is 118 Å². The van der Waals surface area contributed by atoms with Crippen LogP contribution in [0.5, 0.6) is 0 Å². The number of aliphatic hydroxyl groups is 1. The summed E-state index contributed by atoms with van der Waals surface area (Å²) in [5.41, 5.74) is -2.92.